The van der Waals surface area contributed by atoms with Gasteiger partial charge in [0.25, 0.3) is 0 Å². The van der Waals surface area contributed by atoms with E-state index in [0.717, 1.165) is 5.56 Å². The lowest BCUT2D eigenvalue weighted by atomic mass is 9.83. The summed E-state index contributed by atoms with van der Waals surface area (Å²) in [6.45, 7) is 9.89. The molecule has 3 unspecified atom stereocenters. The van der Waals surface area contributed by atoms with Crippen molar-refractivity contribution in [2.75, 3.05) is 0 Å². The average Bonchev–Trinajstić information content (AvgIpc) is 2.92. The number of piperazine rings is 1. The van der Waals surface area contributed by atoms with Crippen molar-refractivity contribution in [3.63, 3.8) is 0 Å². The van der Waals surface area contributed by atoms with Gasteiger partial charge in [0.15, 0.2) is 0 Å². The van der Waals surface area contributed by atoms with Gasteiger partial charge in [-0.3, -0.25) is 9.59 Å². The fourth-order valence-electron chi connectivity index (χ4n) is 2.83. The zero-order valence-corrected chi connectivity index (χ0v) is 14.2. The number of nitrogens with one attached hydrogen (secondary N) is 1. The summed E-state index contributed by atoms with van der Waals surface area (Å²) in [7, 11) is 0. The molecule has 1 aromatic heterocycles. The Morgan fingerprint density at radius 2 is 2.05 bits per heavy atom. The molecule has 4 nitrogen and oxygen atoms in total. The van der Waals surface area contributed by atoms with E-state index in [1.807, 2.05) is 51.4 Å². The number of amides is 2. The van der Waals surface area contributed by atoms with Crippen LogP contribution in [0.1, 0.15) is 52.6 Å². The van der Waals surface area contributed by atoms with Crippen LogP contribution in [0.15, 0.2) is 16.8 Å². The lowest BCUT2D eigenvalue weighted by Crippen LogP contribution is -2.66. The Morgan fingerprint density at radius 1 is 1.38 bits per heavy atom. The van der Waals surface area contributed by atoms with Crippen LogP contribution in [-0.2, 0) is 9.59 Å². The van der Waals surface area contributed by atoms with Gasteiger partial charge >= 0.3 is 0 Å². The van der Waals surface area contributed by atoms with Crippen LogP contribution in [0.3, 0.4) is 0 Å². The smallest absolute Gasteiger partial charge is 0.246 e. The van der Waals surface area contributed by atoms with Gasteiger partial charge in [-0.1, -0.05) is 27.7 Å². The van der Waals surface area contributed by atoms with E-state index in [-0.39, 0.29) is 29.3 Å². The summed E-state index contributed by atoms with van der Waals surface area (Å²) in [5.74, 6) is -0.0215. The third-order valence-corrected chi connectivity index (χ3v) is 4.82. The van der Waals surface area contributed by atoms with Crippen LogP contribution in [0.25, 0.3) is 0 Å². The van der Waals surface area contributed by atoms with Gasteiger partial charge in [0.1, 0.15) is 12.1 Å². The molecule has 0 bridgehead atoms. The zero-order valence-electron chi connectivity index (χ0n) is 13.3. The average molecular weight is 308 g/mol. The summed E-state index contributed by atoms with van der Waals surface area (Å²) < 4.78 is 0. The third-order valence-electron chi connectivity index (χ3n) is 4.12. The lowest BCUT2D eigenvalue weighted by molar-refractivity contribution is -0.155. The molecule has 1 aliphatic rings. The summed E-state index contributed by atoms with van der Waals surface area (Å²) in [5, 5.41) is 6.96. The first-order valence-corrected chi connectivity index (χ1v) is 8.36. The SMILES string of the molecule is CCC1C(=O)NC(C(C)(C)C)C(=O)N1C(C)c1ccsc1. The number of hydrogen-bond donors (Lipinski definition) is 1. The first-order chi connectivity index (χ1) is 9.77. The van der Waals surface area contributed by atoms with Crippen LogP contribution in [0, 0.1) is 5.41 Å². The van der Waals surface area contributed by atoms with Gasteiger partial charge in [0, 0.05) is 0 Å². The topological polar surface area (TPSA) is 49.4 Å². The van der Waals surface area contributed by atoms with Gasteiger partial charge in [-0.15, -0.1) is 0 Å². The molecular formula is C16H24N2O2S. The molecule has 1 aromatic rings. The van der Waals surface area contributed by atoms with E-state index in [1.165, 1.54) is 0 Å². The van der Waals surface area contributed by atoms with E-state index in [2.05, 4.69) is 5.32 Å². The zero-order chi connectivity index (χ0) is 15.8. The number of carbonyl (C=O) groups is 2. The predicted molar refractivity (Wildman–Crippen MR) is 85.0 cm³/mol. The fraction of sp³-hybridized carbons (Fsp3) is 0.625. The van der Waals surface area contributed by atoms with Crippen LogP contribution in [0.4, 0.5) is 0 Å². The molecule has 2 rings (SSSR count). The van der Waals surface area contributed by atoms with Crippen LogP contribution in [0.5, 0.6) is 0 Å². The molecule has 116 valence electrons. The van der Waals surface area contributed by atoms with Crippen LogP contribution in [-0.4, -0.2) is 28.8 Å². The van der Waals surface area contributed by atoms with Gasteiger partial charge in [0.2, 0.25) is 11.8 Å². The largest absolute Gasteiger partial charge is 0.342 e. The minimum Gasteiger partial charge on any atom is -0.342 e. The van der Waals surface area contributed by atoms with Crippen molar-refractivity contribution in [2.45, 2.75) is 59.2 Å². The molecule has 3 atom stereocenters. The number of thiophene rings is 1. The van der Waals surface area contributed by atoms with E-state index < -0.39 is 6.04 Å². The standard InChI is InChI=1S/C16H24N2O2S/c1-6-12-14(19)17-13(16(3,4)5)15(20)18(12)10(2)11-7-8-21-9-11/h7-10,12-13H,6H2,1-5H3,(H,17,19). The second-order valence-electron chi connectivity index (χ2n) is 6.71. The Kier molecular flexibility index (Phi) is 4.42. The predicted octanol–water partition coefficient (Wildman–Crippen LogP) is 2.96. The van der Waals surface area contributed by atoms with Crippen molar-refractivity contribution in [1.82, 2.24) is 10.2 Å². The highest BCUT2D eigenvalue weighted by atomic mass is 32.1. The molecular weight excluding hydrogens is 284 g/mol. The van der Waals surface area contributed by atoms with Crippen molar-refractivity contribution in [3.8, 4) is 0 Å². The second kappa shape index (κ2) is 5.79. The Hall–Kier alpha value is -1.36. The van der Waals surface area contributed by atoms with E-state index in [9.17, 15) is 9.59 Å². The van der Waals surface area contributed by atoms with E-state index in [0.29, 0.717) is 6.42 Å². The molecule has 0 aliphatic carbocycles. The molecule has 1 N–H and O–H groups in total. The molecule has 5 heteroatoms. The highest BCUT2D eigenvalue weighted by Crippen LogP contribution is 2.32. The van der Waals surface area contributed by atoms with Gasteiger partial charge in [-0.25, -0.2) is 0 Å². The van der Waals surface area contributed by atoms with Crippen LogP contribution in [0.2, 0.25) is 0 Å². The summed E-state index contributed by atoms with van der Waals surface area (Å²) >= 11 is 1.61. The van der Waals surface area contributed by atoms with Crippen molar-refractivity contribution in [1.29, 1.82) is 0 Å². The van der Waals surface area contributed by atoms with Crippen molar-refractivity contribution in [3.05, 3.63) is 22.4 Å². The maximum atomic E-state index is 12.9. The first kappa shape index (κ1) is 16.0. The van der Waals surface area contributed by atoms with Gasteiger partial charge in [-0.05, 0) is 41.1 Å². The Balaban J connectivity index is 2.38. The van der Waals surface area contributed by atoms with E-state index >= 15 is 0 Å². The van der Waals surface area contributed by atoms with E-state index in [4.69, 9.17) is 0 Å². The second-order valence-corrected chi connectivity index (χ2v) is 7.49. The molecule has 1 fully saturated rings. The number of rotatable bonds is 3. The Bertz CT molecular complexity index is 519. The summed E-state index contributed by atoms with van der Waals surface area (Å²) in [6.07, 6.45) is 0.628. The molecule has 0 radical (unpaired) electrons. The quantitative estimate of drug-likeness (QED) is 0.933. The molecule has 2 amide bonds. The van der Waals surface area contributed by atoms with Crippen molar-refractivity contribution in [2.24, 2.45) is 5.41 Å². The van der Waals surface area contributed by atoms with Crippen molar-refractivity contribution >= 4 is 23.2 Å². The van der Waals surface area contributed by atoms with Gasteiger partial charge in [-0.2, -0.15) is 11.3 Å². The fourth-order valence-corrected chi connectivity index (χ4v) is 3.58. The van der Waals surface area contributed by atoms with Gasteiger partial charge < -0.3 is 10.2 Å². The van der Waals surface area contributed by atoms with Crippen molar-refractivity contribution < 1.29 is 9.59 Å². The van der Waals surface area contributed by atoms with Crippen LogP contribution < -0.4 is 5.32 Å². The number of nitrogens with zero attached hydrogens (tertiary/aromatic N) is 1. The minimum absolute atomic E-state index is 0.0210. The first-order valence-electron chi connectivity index (χ1n) is 7.42. The highest BCUT2D eigenvalue weighted by Gasteiger charge is 2.46. The van der Waals surface area contributed by atoms with E-state index in [1.54, 1.807) is 16.2 Å². The molecule has 0 aromatic carbocycles. The number of hydrogen-bond acceptors (Lipinski definition) is 3. The Morgan fingerprint density at radius 3 is 2.52 bits per heavy atom. The monoisotopic (exact) mass is 308 g/mol. The molecule has 2 heterocycles. The summed E-state index contributed by atoms with van der Waals surface area (Å²) in [5.41, 5.74) is 0.798. The molecule has 0 saturated carbocycles. The number of carbonyl (C=O) groups excluding carboxylic acids is 2. The van der Waals surface area contributed by atoms with Crippen LogP contribution >= 0.6 is 11.3 Å². The minimum atomic E-state index is -0.464. The highest BCUT2D eigenvalue weighted by molar-refractivity contribution is 7.07. The van der Waals surface area contributed by atoms with Gasteiger partial charge in [0.05, 0.1) is 6.04 Å². The maximum absolute atomic E-state index is 12.9. The molecule has 1 aliphatic heterocycles. The lowest BCUT2D eigenvalue weighted by Gasteiger charge is -2.45. The Labute approximate surface area is 130 Å². The maximum Gasteiger partial charge on any atom is 0.246 e. The normalized spacial score (nSPS) is 24.9. The summed E-state index contributed by atoms with van der Waals surface area (Å²) in [4.78, 5) is 27.1. The molecule has 21 heavy (non-hydrogen) atoms. The third kappa shape index (κ3) is 2.98. The molecule has 0 spiro atoms. The summed E-state index contributed by atoms with van der Waals surface area (Å²) in [6, 6.07) is 1.10. The molecule has 1 saturated heterocycles.